The van der Waals surface area contributed by atoms with Gasteiger partial charge in [0, 0.05) is 10.8 Å². The van der Waals surface area contributed by atoms with E-state index >= 15 is 0 Å². The molecule has 112 valence electrons. The third-order valence-electron chi connectivity index (χ3n) is 2.51. The Morgan fingerprint density at radius 2 is 1.00 bits per heavy atom. The van der Waals surface area contributed by atoms with Gasteiger partial charge in [0.25, 0.3) is 0 Å². The lowest BCUT2D eigenvalue weighted by Gasteiger charge is -2.49. The van der Waals surface area contributed by atoms with Gasteiger partial charge in [-0.3, -0.25) is 18.1 Å². The molecule has 2 heterocycles. The van der Waals surface area contributed by atoms with Crippen molar-refractivity contribution >= 4 is 37.1 Å². The van der Waals surface area contributed by atoms with Crippen LogP contribution in [0.1, 0.15) is 41.5 Å². The van der Waals surface area contributed by atoms with Gasteiger partial charge in [0.15, 0.2) is 12.6 Å². The SMILES string of the molecule is CC(C)(C)C1OP(=S)(OP2(=S)OC(C(C)(C)C)O2)O1. The van der Waals surface area contributed by atoms with Crippen molar-refractivity contribution in [2.45, 2.75) is 54.1 Å². The number of hydrogen-bond donors (Lipinski definition) is 0. The fraction of sp³-hybridized carbons (Fsp3) is 1.00. The van der Waals surface area contributed by atoms with E-state index in [1.54, 1.807) is 0 Å². The average molecular weight is 346 g/mol. The van der Waals surface area contributed by atoms with E-state index in [0.29, 0.717) is 0 Å². The zero-order chi connectivity index (χ0) is 14.7. The maximum Gasteiger partial charge on any atom is 0.339 e. The minimum absolute atomic E-state index is 0.145. The van der Waals surface area contributed by atoms with E-state index in [1.807, 2.05) is 41.5 Å². The van der Waals surface area contributed by atoms with E-state index in [1.165, 1.54) is 0 Å². The summed E-state index contributed by atoms with van der Waals surface area (Å²) in [5.74, 6) is 0. The fourth-order valence-corrected chi connectivity index (χ4v) is 8.04. The summed E-state index contributed by atoms with van der Waals surface area (Å²) < 4.78 is 27.8. The Kier molecular flexibility index (Phi) is 4.16. The third-order valence-corrected chi connectivity index (χ3v) is 8.15. The van der Waals surface area contributed by atoms with Crippen molar-refractivity contribution in [3.05, 3.63) is 0 Å². The highest BCUT2D eigenvalue weighted by Gasteiger charge is 2.54. The molecule has 0 spiro atoms. The van der Waals surface area contributed by atoms with E-state index in [2.05, 4.69) is 0 Å². The molecule has 9 heteroatoms. The summed E-state index contributed by atoms with van der Waals surface area (Å²) in [7, 11) is 0. The van der Waals surface area contributed by atoms with Gasteiger partial charge in [0.2, 0.25) is 0 Å². The molecule has 2 fully saturated rings. The lowest BCUT2D eigenvalue weighted by atomic mass is 9.96. The highest BCUT2D eigenvalue weighted by Crippen LogP contribution is 2.77. The van der Waals surface area contributed by atoms with E-state index in [-0.39, 0.29) is 23.4 Å². The van der Waals surface area contributed by atoms with E-state index in [0.717, 1.165) is 0 Å². The molecule has 0 atom stereocenters. The molecule has 0 saturated carbocycles. The van der Waals surface area contributed by atoms with Gasteiger partial charge in [-0.2, -0.15) is 0 Å². The Bertz CT molecular complexity index is 406. The fourth-order valence-electron chi connectivity index (χ4n) is 1.32. The molecule has 0 amide bonds. The predicted octanol–water partition coefficient (Wildman–Crippen LogP) is 4.29. The molecule has 2 aliphatic heterocycles. The summed E-state index contributed by atoms with van der Waals surface area (Å²) in [5.41, 5.74) is -0.290. The zero-order valence-electron chi connectivity index (χ0n) is 11.9. The van der Waals surface area contributed by atoms with E-state index < -0.39 is 13.4 Å². The van der Waals surface area contributed by atoms with E-state index in [4.69, 9.17) is 46.0 Å². The molecular formula is C10H20O5P2S2. The molecule has 0 N–H and O–H groups in total. The van der Waals surface area contributed by atoms with Crippen molar-refractivity contribution in [1.29, 1.82) is 0 Å². The average Bonchev–Trinajstić information content (AvgIpc) is 2.06. The van der Waals surface area contributed by atoms with Crippen molar-refractivity contribution in [3.8, 4) is 0 Å². The summed E-state index contributed by atoms with van der Waals surface area (Å²) >= 11 is 10.4. The van der Waals surface area contributed by atoms with Crippen LogP contribution >= 0.6 is 13.4 Å². The molecule has 0 bridgehead atoms. The highest BCUT2D eigenvalue weighted by atomic mass is 32.5. The van der Waals surface area contributed by atoms with Crippen molar-refractivity contribution in [2.24, 2.45) is 10.8 Å². The summed E-state index contributed by atoms with van der Waals surface area (Å²) in [6.45, 7) is 6.44. The quantitative estimate of drug-likeness (QED) is 0.691. The standard InChI is InChI=1S/C10H20O5P2S2/c1-9(2,3)7-11-16(18,12-7)15-17(19)13-8(14-17)10(4,5)6/h7-8H,1-6H3. The van der Waals surface area contributed by atoms with Crippen LogP contribution in [0.2, 0.25) is 0 Å². The molecule has 2 aliphatic rings. The first-order valence-electron chi connectivity index (χ1n) is 5.98. The number of rotatable bonds is 2. The normalized spacial score (nSPS) is 43.5. The molecule has 0 radical (unpaired) electrons. The van der Waals surface area contributed by atoms with E-state index in [9.17, 15) is 0 Å². The Morgan fingerprint density at radius 3 is 1.21 bits per heavy atom. The molecule has 0 aromatic heterocycles. The van der Waals surface area contributed by atoms with Crippen LogP contribution in [0.15, 0.2) is 0 Å². The minimum Gasteiger partial charge on any atom is -0.277 e. The molecule has 2 rings (SSSR count). The molecule has 0 unspecified atom stereocenters. The van der Waals surface area contributed by atoms with Gasteiger partial charge in [-0.15, -0.1) is 0 Å². The maximum atomic E-state index is 5.57. The van der Waals surface area contributed by atoms with Gasteiger partial charge >= 0.3 is 13.4 Å². The van der Waals surface area contributed by atoms with Crippen LogP contribution in [0.3, 0.4) is 0 Å². The van der Waals surface area contributed by atoms with Crippen molar-refractivity contribution in [1.82, 2.24) is 0 Å². The van der Waals surface area contributed by atoms with Gasteiger partial charge in [-0.25, -0.2) is 4.31 Å². The third kappa shape index (κ3) is 3.65. The molecule has 0 aromatic carbocycles. The van der Waals surface area contributed by atoms with Crippen molar-refractivity contribution < 1.29 is 22.4 Å². The summed E-state index contributed by atoms with van der Waals surface area (Å²) in [6.07, 6.45) is -0.723. The first kappa shape index (κ1) is 16.5. The summed E-state index contributed by atoms with van der Waals surface area (Å²) in [5, 5.41) is 0. The largest absolute Gasteiger partial charge is 0.339 e. The van der Waals surface area contributed by atoms with Crippen LogP contribution in [0.25, 0.3) is 0 Å². The first-order valence-corrected chi connectivity index (χ1v) is 11.1. The summed E-state index contributed by atoms with van der Waals surface area (Å²) in [4.78, 5) is 0. The second-order valence-corrected chi connectivity index (χ2v) is 12.8. The Labute approximate surface area is 124 Å². The molecule has 19 heavy (non-hydrogen) atoms. The molecule has 5 nitrogen and oxygen atoms in total. The molecule has 0 aliphatic carbocycles. The van der Waals surface area contributed by atoms with Crippen LogP contribution in [-0.4, -0.2) is 12.6 Å². The minimum atomic E-state index is -2.78. The Hall–Kier alpha value is 1.10. The van der Waals surface area contributed by atoms with Crippen LogP contribution in [0.4, 0.5) is 0 Å². The van der Waals surface area contributed by atoms with Gasteiger partial charge < -0.3 is 0 Å². The Balaban J connectivity index is 1.88. The highest BCUT2D eigenvalue weighted by molar-refractivity contribution is 8.15. The van der Waals surface area contributed by atoms with Crippen LogP contribution < -0.4 is 0 Å². The monoisotopic (exact) mass is 346 g/mol. The second kappa shape index (κ2) is 4.80. The van der Waals surface area contributed by atoms with Gasteiger partial charge in [0.1, 0.15) is 0 Å². The molecular weight excluding hydrogens is 326 g/mol. The topological polar surface area (TPSA) is 46.2 Å². The lowest BCUT2D eigenvalue weighted by molar-refractivity contribution is -0.175. The van der Waals surface area contributed by atoms with Gasteiger partial charge in [-0.1, -0.05) is 41.5 Å². The van der Waals surface area contributed by atoms with Crippen LogP contribution in [0.5, 0.6) is 0 Å². The molecule has 2 saturated heterocycles. The van der Waals surface area contributed by atoms with Crippen LogP contribution in [-0.2, 0) is 46.0 Å². The zero-order valence-corrected chi connectivity index (χ0v) is 15.3. The van der Waals surface area contributed by atoms with Gasteiger partial charge in [0.05, 0.1) is 0 Å². The van der Waals surface area contributed by atoms with Crippen LogP contribution in [0, 0.1) is 10.8 Å². The predicted molar refractivity (Wildman–Crippen MR) is 80.5 cm³/mol. The Morgan fingerprint density at radius 1 is 0.737 bits per heavy atom. The van der Waals surface area contributed by atoms with Gasteiger partial charge in [-0.05, 0) is 23.6 Å². The lowest BCUT2D eigenvalue weighted by Crippen LogP contribution is -2.41. The van der Waals surface area contributed by atoms with Crippen molar-refractivity contribution in [2.75, 3.05) is 0 Å². The molecule has 0 aromatic rings. The number of hydrogen-bond acceptors (Lipinski definition) is 7. The smallest absolute Gasteiger partial charge is 0.277 e. The first-order chi connectivity index (χ1) is 8.33. The maximum absolute atomic E-state index is 5.57. The summed E-state index contributed by atoms with van der Waals surface area (Å²) in [6, 6.07) is 0. The second-order valence-electron chi connectivity index (χ2n) is 6.79. The van der Waals surface area contributed by atoms with Crippen molar-refractivity contribution in [3.63, 3.8) is 0 Å².